The molecule has 0 aliphatic carbocycles. The summed E-state index contributed by atoms with van der Waals surface area (Å²) in [5.41, 5.74) is 7.25. The molecule has 8 nitrogen and oxygen atoms in total. The van der Waals surface area contributed by atoms with Crippen molar-refractivity contribution in [1.82, 2.24) is 19.4 Å². The minimum atomic E-state index is -0.513. The van der Waals surface area contributed by atoms with E-state index >= 15 is 0 Å². The zero-order valence-corrected chi connectivity index (χ0v) is 15.1. The fourth-order valence-corrected chi connectivity index (χ4v) is 3.22. The SMILES string of the molecule is Cc1cn2cc(NC(=O)c3cnc(N4CCC(C)(N)C4)cn3)cc(F)c2n1. The Kier molecular flexibility index (Phi) is 4.03. The fourth-order valence-electron chi connectivity index (χ4n) is 3.22. The number of nitrogens with one attached hydrogen (secondary N) is 1. The fraction of sp³-hybridized carbons (Fsp3) is 0.333. The number of carbonyl (C=O) groups is 1. The van der Waals surface area contributed by atoms with Gasteiger partial charge in [0.25, 0.3) is 5.91 Å². The Labute approximate surface area is 155 Å². The standard InChI is InChI=1S/C18H20FN7O/c1-11-8-26-9-12(5-13(19)16(26)23-11)24-17(27)14-6-22-15(7-21-14)25-4-3-18(2,20)10-25/h5-9H,3-4,10,20H2,1-2H3,(H,24,27). The van der Waals surface area contributed by atoms with Gasteiger partial charge in [-0.25, -0.2) is 19.3 Å². The Balaban J connectivity index is 1.50. The number of hydrogen-bond acceptors (Lipinski definition) is 6. The maximum absolute atomic E-state index is 14.1. The molecule has 1 fully saturated rings. The number of imidazole rings is 1. The van der Waals surface area contributed by atoms with Crippen LogP contribution < -0.4 is 16.0 Å². The van der Waals surface area contributed by atoms with Crippen LogP contribution in [0.2, 0.25) is 0 Å². The molecule has 3 aromatic heterocycles. The van der Waals surface area contributed by atoms with E-state index in [1.807, 2.05) is 11.8 Å². The molecule has 1 aliphatic heterocycles. The second-order valence-corrected chi connectivity index (χ2v) is 7.23. The smallest absolute Gasteiger partial charge is 0.275 e. The summed E-state index contributed by atoms with van der Waals surface area (Å²) in [7, 11) is 0. The van der Waals surface area contributed by atoms with Gasteiger partial charge in [0, 0.05) is 37.1 Å². The van der Waals surface area contributed by atoms with E-state index in [4.69, 9.17) is 5.73 Å². The summed E-state index contributed by atoms with van der Waals surface area (Å²) in [6.45, 7) is 5.27. The number of anilines is 2. The average Bonchev–Trinajstić information content (AvgIpc) is 3.17. The molecule has 9 heteroatoms. The summed E-state index contributed by atoms with van der Waals surface area (Å²) in [4.78, 5) is 27.0. The highest BCUT2D eigenvalue weighted by Gasteiger charge is 2.30. The molecule has 4 heterocycles. The lowest BCUT2D eigenvalue weighted by atomic mass is 10.0. The number of nitrogens with two attached hydrogens (primary N) is 1. The molecule has 1 saturated heterocycles. The van der Waals surface area contributed by atoms with Gasteiger partial charge in [0.1, 0.15) is 11.5 Å². The average molecular weight is 369 g/mol. The number of rotatable bonds is 3. The summed E-state index contributed by atoms with van der Waals surface area (Å²) >= 11 is 0. The summed E-state index contributed by atoms with van der Waals surface area (Å²) in [5.74, 6) is -0.294. The van der Waals surface area contributed by atoms with Gasteiger partial charge < -0.3 is 20.4 Å². The topological polar surface area (TPSA) is 101 Å². The van der Waals surface area contributed by atoms with Crippen LogP contribution in [0.5, 0.6) is 0 Å². The van der Waals surface area contributed by atoms with Gasteiger partial charge >= 0.3 is 0 Å². The second-order valence-electron chi connectivity index (χ2n) is 7.23. The van der Waals surface area contributed by atoms with Crippen molar-refractivity contribution < 1.29 is 9.18 Å². The minimum absolute atomic E-state index is 0.149. The molecule has 0 radical (unpaired) electrons. The molecule has 0 bridgehead atoms. The number of carbonyl (C=O) groups excluding carboxylic acids is 1. The van der Waals surface area contributed by atoms with Crippen LogP contribution in [0, 0.1) is 12.7 Å². The number of amides is 1. The van der Waals surface area contributed by atoms with Gasteiger partial charge in [-0.05, 0) is 20.3 Å². The number of pyridine rings is 1. The lowest BCUT2D eigenvalue weighted by Gasteiger charge is -2.20. The molecule has 1 aliphatic rings. The molecular formula is C18H20FN7O. The molecule has 1 atom stereocenters. The molecule has 1 unspecified atom stereocenters. The third kappa shape index (κ3) is 3.45. The van der Waals surface area contributed by atoms with Crippen molar-refractivity contribution in [2.75, 3.05) is 23.3 Å². The van der Waals surface area contributed by atoms with Crippen LogP contribution in [0.25, 0.3) is 5.65 Å². The first-order valence-electron chi connectivity index (χ1n) is 8.63. The van der Waals surface area contributed by atoms with Crippen molar-refractivity contribution in [2.45, 2.75) is 25.8 Å². The number of nitrogens with zero attached hydrogens (tertiary/aromatic N) is 5. The predicted octanol–water partition coefficient (Wildman–Crippen LogP) is 1.75. The Morgan fingerprint density at radius 2 is 2.15 bits per heavy atom. The Bertz CT molecular complexity index is 1010. The van der Waals surface area contributed by atoms with Gasteiger partial charge in [-0.3, -0.25) is 4.79 Å². The van der Waals surface area contributed by atoms with E-state index in [1.165, 1.54) is 16.7 Å². The van der Waals surface area contributed by atoms with E-state index in [0.29, 0.717) is 23.7 Å². The Morgan fingerprint density at radius 1 is 1.33 bits per heavy atom. The van der Waals surface area contributed by atoms with Crippen LogP contribution in [-0.4, -0.2) is 43.9 Å². The summed E-state index contributed by atoms with van der Waals surface area (Å²) in [6, 6.07) is 1.23. The second kappa shape index (κ2) is 6.27. The molecule has 4 rings (SSSR count). The normalized spacial score (nSPS) is 19.6. The van der Waals surface area contributed by atoms with Crippen LogP contribution >= 0.6 is 0 Å². The molecule has 27 heavy (non-hydrogen) atoms. The largest absolute Gasteiger partial charge is 0.353 e. The van der Waals surface area contributed by atoms with E-state index in [9.17, 15) is 9.18 Å². The maximum atomic E-state index is 14.1. The lowest BCUT2D eigenvalue weighted by Crippen LogP contribution is -2.39. The van der Waals surface area contributed by atoms with Crippen molar-refractivity contribution in [3.05, 3.63) is 48.1 Å². The number of fused-ring (bicyclic) bond motifs is 1. The number of hydrogen-bond donors (Lipinski definition) is 2. The highest BCUT2D eigenvalue weighted by Crippen LogP contribution is 2.23. The Hall–Kier alpha value is -3.07. The van der Waals surface area contributed by atoms with Crippen LogP contribution in [0.3, 0.4) is 0 Å². The highest BCUT2D eigenvalue weighted by molar-refractivity contribution is 6.02. The Morgan fingerprint density at radius 3 is 2.81 bits per heavy atom. The van der Waals surface area contributed by atoms with Gasteiger partial charge in [-0.2, -0.15) is 0 Å². The molecule has 3 aromatic rings. The highest BCUT2D eigenvalue weighted by atomic mass is 19.1. The van der Waals surface area contributed by atoms with E-state index in [1.54, 1.807) is 25.5 Å². The minimum Gasteiger partial charge on any atom is -0.353 e. The lowest BCUT2D eigenvalue weighted by molar-refractivity contribution is 0.102. The molecule has 140 valence electrons. The number of halogens is 1. The van der Waals surface area contributed by atoms with Gasteiger partial charge in [-0.15, -0.1) is 0 Å². The summed E-state index contributed by atoms with van der Waals surface area (Å²) in [5, 5.41) is 2.64. The zero-order chi connectivity index (χ0) is 19.2. The zero-order valence-electron chi connectivity index (χ0n) is 15.1. The summed E-state index contributed by atoms with van der Waals surface area (Å²) in [6.07, 6.45) is 7.12. The molecule has 0 aromatic carbocycles. The monoisotopic (exact) mass is 369 g/mol. The van der Waals surface area contributed by atoms with E-state index < -0.39 is 11.7 Å². The van der Waals surface area contributed by atoms with Crippen LogP contribution in [0.4, 0.5) is 15.9 Å². The summed E-state index contributed by atoms with van der Waals surface area (Å²) < 4.78 is 15.7. The van der Waals surface area contributed by atoms with Crippen molar-refractivity contribution >= 4 is 23.1 Å². The van der Waals surface area contributed by atoms with Gasteiger partial charge in [-0.1, -0.05) is 0 Å². The van der Waals surface area contributed by atoms with Gasteiger partial charge in [0.15, 0.2) is 11.5 Å². The van der Waals surface area contributed by atoms with E-state index in [2.05, 4.69) is 20.3 Å². The molecule has 0 saturated carbocycles. The van der Waals surface area contributed by atoms with Crippen molar-refractivity contribution in [2.24, 2.45) is 5.73 Å². The van der Waals surface area contributed by atoms with Crippen LogP contribution in [0.15, 0.2) is 30.9 Å². The first-order valence-corrected chi connectivity index (χ1v) is 8.63. The third-order valence-electron chi connectivity index (χ3n) is 4.58. The third-order valence-corrected chi connectivity index (χ3v) is 4.58. The first kappa shape index (κ1) is 17.3. The van der Waals surface area contributed by atoms with Crippen LogP contribution in [-0.2, 0) is 0 Å². The van der Waals surface area contributed by atoms with Crippen LogP contribution in [0.1, 0.15) is 29.5 Å². The number of aryl methyl sites for hydroxylation is 1. The molecular weight excluding hydrogens is 349 g/mol. The quantitative estimate of drug-likeness (QED) is 0.729. The van der Waals surface area contributed by atoms with Crippen molar-refractivity contribution in [3.63, 3.8) is 0 Å². The van der Waals surface area contributed by atoms with Crippen molar-refractivity contribution in [1.29, 1.82) is 0 Å². The first-order chi connectivity index (χ1) is 12.8. The maximum Gasteiger partial charge on any atom is 0.275 e. The van der Waals surface area contributed by atoms with E-state index in [-0.39, 0.29) is 16.9 Å². The van der Waals surface area contributed by atoms with Gasteiger partial charge in [0.2, 0.25) is 0 Å². The molecule has 1 amide bonds. The van der Waals surface area contributed by atoms with E-state index in [0.717, 1.165) is 13.0 Å². The van der Waals surface area contributed by atoms with Crippen molar-refractivity contribution in [3.8, 4) is 0 Å². The molecule has 0 spiro atoms. The number of aromatic nitrogens is 4. The predicted molar refractivity (Wildman–Crippen MR) is 99.3 cm³/mol. The van der Waals surface area contributed by atoms with Gasteiger partial charge in [0.05, 0.1) is 23.8 Å². The molecule has 3 N–H and O–H groups in total.